The van der Waals surface area contributed by atoms with Crippen LogP contribution in [-0.4, -0.2) is 30.4 Å². The molecule has 0 heterocycles. The van der Waals surface area contributed by atoms with Crippen molar-refractivity contribution in [3.05, 3.63) is 0 Å². The van der Waals surface area contributed by atoms with E-state index in [-0.39, 0.29) is 5.92 Å². The number of nitrogens with zero attached hydrogens (tertiary/aromatic N) is 1. The van der Waals surface area contributed by atoms with Gasteiger partial charge in [0.15, 0.2) is 0 Å². The molecule has 2 aliphatic carbocycles. The Kier molecular flexibility index (Phi) is 4.31. The van der Waals surface area contributed by atoms with Crippen LogP contribution >= 0.6 is 0 Å². The smallest absolute Gasteiger partial charge is 0.225 e. The van der Waals surface area contributed by atoms with Crippen LogP contribution in [0.4, 0.5) is 0 Å². The van der Waals surface area contributed by atoms with Crippen molar-refractivity contribution in [2.24, 2.45) is 29.4 Å². The van der Waals surface area contributed by atoms with E-state index in [2.05, 4.69) is 13.8 Å². The van der Waals surface area contributed by atoms with Crippen LogP contribution in [0.15, 0.2) is 0 Å². The predicted molar refractivity (Wildman–Crippen MR) is 74.0 cm³/mol. The number of carbonyl (C=O) groups excluding carboxylic acids is 1. The molecule has 2 atom stereocenters. The normalized spacial score (nSPS) is 35.6. The Morgan fingerprint density at radius 1 is 1.28 bits per heavy atom. The van der Waals surface area contributed by atoms with E-state index in [0.29, 0.717) is 29.7 Å². The van der Waals surface area contributed by atoms with Crippen LogP contribution in [-0.2, 0) is 4.79 Å². The quantitative estimate of drug-likeness (QED) is 0.837. The molecule has 2 saturated carbocycles. The van der Waals surface area contributed by atoms with Gasteiger partial charge in [-0.1, -0.05) is 20.3 Å². The standard InChI is InChI=1S/C15H28N2O/c1-10(2)9-17(3)15(18)13-7-11-5-4-6-12(8-13)14(11)16/h10-14H,4-9,16H2,1-3H3. The molecule has 3 heteroatoms. The minimum atomic E-state index is 0.240. The molecular weight excluding hydrogens is 224 g/mol. The van der Waals surface area contributed by atoms with Crippen molar-refractivity contribution >= 4 is 5.91 Å². The minimum Gasteiger partial charge on any atom is -0.345 e. The first-order valence-corrected chi connectivity index (χ1v) is 7.49. The van der Waals surface area contributed by atoms with E-state index in [1.165, 1.54) is 19.3 Å². The van der Waals surface area contributed by atoms with Gasteiger partial charge in [0, 0.05) is 25.6 Å². The second-order valence-corrected chi connectivity index (χ2v) is 6.81. The van der Waals surface area contributed by atoms with Crippen LogP contribution in [0, 0.1) is 23.7 Å². The van der Waals surface area contributed by atoms with E-state index in [1.54, 1.807) is 0 Å². The van der Waals surface area contributed by atoms with Crippen molar-refractivity contribution in [1.29, 1.82) is 0 Å². The first kappa shape index (κ1) is 13.9. The van der Waals surface area contributed by atoms with Gasteiger partial charge >= 0.3 is 0 Å². The van der Waals surface area contributed by atoms with Crippen LogP contribution in [0.5, 0.6) is 0 Å². The number of amides is 1. The van der Waals surface area contributed by atoms with Crippen molar-refractivity contribution < 1.29 is 4.79 Å². The molecule has 0 saturated heterocycles. The van der Waals surface area contributed by atoms with E-state index in [0.717, 1.165) is 19.4 Å². The number of nitrogens with two attached hydrogens (primary N) is 1. The Bertz CT molecular complexity index is 289. The lowest BCUT2D eigenvalue weighted by atomic mass is 9.65. The van der Waals surface area contributed by atoms with Crippen molar-refractivity contribution in [3.63, 3.8) is 0 Å². The fourth-order valence-electron chi connectivity index (χ4n) is 3.94. The van der Waals surface area contributed by atoms with Crippen LogP contribution in [0.2, 0.25) is 0 Å². The molecule has 0 aromatic heterocycles. The fourth-order valence-corrected chi connectivity index (χ4v) is 3.94. The highest BCUT2D eigenvalue weighted by molar-refractivity contribution is 5.78. The molecule has 0 aliphatic heterocycles. The first-order chi connectivity index (χ1) is 8.49. The van der Waals surface area contributed by atoms with Gasteiger partial charge in [-0.2, -0.15) is 0 Å². The zero-order valence-corrected chi connectivity index (χ0v) is 12.1. The van der Waals surface area contributed by atoms with Crippen LogP contribution < -0.4 is 5.73 Å². The van der Waals surface area contributed by atoms with Crippen molar-refractivity contribution in [2.45, 2.75) is 52.0 Å². The molecular formula is C15H28N2O. The van der Waals surface area contributed by atoms with E-state index >= 15 is 0 Å². The highest BCUT2D eigenvalue weighted by Gasteiger charge is 2.41. The molecule has 104 valence electrons. The van der Waals surface area contributed by atoms with Crippen molar-refractivity contribution in [1.82, 2.24) is 4.90 Å². The lowest BCUT2D eigenvalue weighted by Crippen LogP contribution is -2.49. The topological polar surface area (TPSA) is 46.3 Å². The zero-order valence-electron chi connectivity index (χ0n) is 12.1. The predicted octanol–water partition coefficient (Wildman–Crippen LogP) is 2.25. The molecule has 0 aromatic carbocycles. The second kappa shape index (κ2) is 5.60. The van der Waals surface area contributed by atoms with Gasteiger partial charge in [-0.25, -0.2) is 0 Å². The van der Waals surface area contributed by atoms with Crippen molar-refractivity contribution in [3.8, 4) is 0 Å². The number of hydrogen-bond acceptors (Lipinski definition) is 2. The summed E-state index contributed by atoms with van der Waals surface area (Å²) in [6, 6.07) is 0.359. The SMILES string of the molecule is CC(C)CN(C)C(=O)C1CC2CCCC(C1)C2N. The summed E-state index contributed by atoms with van der Waals surface area (Å²) in [7, 11) is 1.95. The fraction of sp³-hybridized carbons (Fsp3) is 0.933. The molecule has 2 bridgehead atoms. The average Bonchev–Trinajstić information content (AvgIpc) is 2.26. The molecule has 0 spiro atoms. The van der Waals surface area contributed by atoms with Gasteiger partial charge in [0.1, 0.15) is 0 Å². The number of hydrogen-bond donors (Lipinski definition) is 1. The number of fused-ring (bicyclic) bond motifs is 2. The average molecular weight is 252 g/mol. The Balaban J connectivity index is 1.96. The molecule has 0 radical (unpaired) electrons. The van der Waals surface area contributed by atoms with Crippen LogP contribution in [0.1, 0.15) is 46.0 Å². The summed E-state index contributed by atoms with van der Waals surface area (Å²) in [6.07, 6.45) is 5.83. The summed E-state index contributed by atoms with van der Waals surface area (Å²) in [5.74, 6) is 2.33. The third kappa shape index (κ3) is 2.87. The number of rotatable bonds is 3. The third-order valence-electron chi connectivity index (χ3n) is 4.78. The van der Waals surface area contributed by atoms with Crippen molar-refractivity contribution in [2.75, 3.05) is 13.6 Å². The van der Waals surface area contributed by atoms with E-state index in [1.807, 2.05) is 11.9 Å². The van der Waals surface area contributed by atoms with Crippen LogP contribution in [0.25, 0.3) is 0 Å². The van der Waals surface area contributed by atoms with E-state index in [4.69, 9.17) is 5.73 Å². The molecule has 3 nitrogen and oxygen atoms in total. The lowest BCUT2D eigenvalue weighted by Gasteiger charge is -2.44. The maximum atomic E-state index is 12.5. The Morgan fingerprint density at radius 2 is 1.83 bits per heavy atom. The van der Waals surface area contributed by atoms with Gasteiger partial charge in [0.05, 0.1) is 0 Å². The lowest BCUT2D eigenvalue weighted by molar-refractivity contribution is -0.137. The third-order valence-corrected chi connectivity index (χ3v) is 4.78. The van der Waals surface area contributed by atoms with E-state index in [9.17, 15) is 4.79 Å². The molecule has 2 unspecified atom stereocenters. The molecule has 2 rings (SSSR count). The van der Waals surface area contributed by atoms with Crippen LogP contribution in [0.3, 0.4) is 0 Å². The number of carbonyl (C=O) groups is 1. The highest BCUT2D eigenvalue weighted by Crippen LogP contribution is 2.42. The zero-order chi connectivity index (χ0) is 13.3. The summed E-state index contributed by atoms with van der Waals surface area (Å²) in [6.45, 7) is 5.20. The Labute approximate surface area is 111 Å². The Morgan fingerprint density at radius 3 is 2.33 bits per heavy atom. The van der Waals surface area contributed by atoms with Gasteiger partial charge in [-0.3, -0.25) is 4.79 Å². The second-order valence-electron chi connectivity index (χ2n) is 6.81. The molecule has 2 fully saturated rings. The van der Waals surface area contributed by atoms with E-state index < -0.39 is 0 Å². The first-order valence-electron chi connectivity index (χ1n) is 7.49. The molecule has 1 amide bonds. The van der Waals surface area contributed by atoms with Gasteiger partial charge in [0.25, 0.3) is 0 Å². The summed E-state index contributed by atoms with van der Waals surface area (Å²) in [4.78, 5) is 14.4. The maximum Gasteiger partial charge on any atom is 0.225 e. The van der Waals surface area contributed by atoms with Gasteiger partial charge in [-0.05, 0) is 43.4 Å². The molecule has 2 aliphatic rings. The molecule has 0 aromatic rings. The monoisotopic (exact) mass is 252 g/mol. The summed E-state index contributed by atoms with van der Waals surface area (Å²) in [5.41, 5.74) is 6.28. The summed E-state index contributed by atoms with van der Waals surface area (Å²) in [5, 5.41) is 0. The molecule has 2 N–H and O–H groups in total. The maximum absolute atomic E-state index is 12.5. The largest absolute Gasteiger partial charge is 0.345 e. The van der Waals surface area contributed by atoms with Gasteiger partial charge in [0.2, 0.25) is 5.91 Å². The minimum absolute atomic E-state index is 0.240. The van der Waals surface area contributed by atoms with Gasteiger partial charge in [-0.15, -0.1) is 0 Å². The molecule has 18 heavy (non-hydrogen) atoms. The van der Waals surface area contributed by atoms with Gasteiger partial charge < -0.3 is 10.6 Å². The summed E-state index contributed by atoms with van der Waals surface area (Å²) >= 11 is 0. The summed E-state index contributed by atoms with van der Waals surface area (Å²) < 4.78 is 0. The highest BCUT2D eigenvalue weighted by atomic mass is 16.2. The Hall–Kier alpha value is -0.570.